The van der Waals surface area contributed by atoms with Gasteiger partial charge in [-0.1, -0.05) is 20.8 Å². The largest absolute Gasteiger partial charge is 0.314 e. The zero-order valence-electron chi connectivity index (χ0n) is 9.52. The maximum Gasteiger partial charge on any atom is 0.0244 e. The van der Waals surface area contributed by atoms with Gasteiger partial charge < -0.3 is 5.32 Å². The summed E-state index contributed by atoms with van der Waals surface area (Å²) in [6.45, 7) is 9.84. The molecule has 1 N–H and O–H groups in total. The van der Waals surface area contributed by atoms with E-state index in [0.717, 1.165) is 18.7 Å². The highest BCUT2D eigenvalue weighted by atomic mass is 32.2. The van der Waals surface area contributed by atoms with Crippen molar-refractivity contribution in [3.63, 3.8) is 0 Å². The van der Waals surface area contributed by atoms with Crippen molar-refractivity contribution in [3.05, 3.63) is 0 Å². The lowest BCUT2D eigenvalue weighted by atomic mass is 9.88. The number of nitrogens with one attached hydrogen (secondary N) is 1. The summed E-state index contributed by atoms with van der Waals surface area (Å²) < 4.78 is 10.8. The maximum atomic E-state index is 10.8. The molecule has 13 heavy (non-hydrogen) atoms. The van der Waals surface area contributed by atoms with E-state index >= 15 is 0 Å². The van der Waals surface area contributed by atoms with E-state index in [2.05, 4.69) is 33.0 Å². The molecule has 0 aliphatic carbocycles. The van der Waals surface area contributed by atoms with E-state index in [1.807, 2.05) is 0 Å². The molecule has 80 valence electrons. The van der Waals surface area contributed by atoms with Crippen molar-refractivity contribution in [2.75, 3.05) is 18.6 Å². The fraction of sp³-hybridized carbons (Fsp3) is 1.00. The quantitative estimate of drug-likeness (QED) is 0.693. The summed E-state index contributed by atoms with van der Waals surface area (Å²) in [6, 6.07) is 0.512. The monoisotopic (exact) mass is 205 g/mol. The van der Waals surface area contributed by atoms with Crippen molar-refractivity contribution in [2.24, 2.45) is 5.41 Å². The third-order valence-corrected chi connectivity index (χ3v) is 3.22. The first-order valence-electron chi connectivity index (χ1n) is 4.87. The highest BCUT2D eigenvalue weighted by Gasteiger charge is 2.18. The van der Waals surface area contributed by atoms with E-state index in [4.69, 9.17) is 0 Å². The Morgan fingerprint density at radius 2 is 1.92 bits per heavy atom. The molecule has 0 aromatic rings. The first kappa shape index (κ1) is 13.1. The molecular weight excluding hydrogens is 182 g/mol. The van der Waals surface area contributed by atoms with E-state index in [-0.39, 0.29) is 0 Å². The summed E-state index contributed by atoms with van der Waals surface area (Å²) in [7, 11) is -0.641. The fourth-order valence-electron chi connectivity index (χ4n) is 0.900. The van der Waals surface area contributed by atoms with Crippen LogP contribution in [0.5, 0.6) is 0 Å². The second-order valence-electron chi connectivity index (χ2n) is 4.67. The Morgan fingerprint density at radius 3 is 2.31 bits per heavy atom. The van der Waals surface area contributed by atoms with Crippen LogP contribution in [-0.2, 0) is 10.8 Å². The van der Waals surface area contributed by atoms with Crippen LogP contribution < -0.4 is 5.32 Å². The molecule has 0 rings (SSSR count). The average molecular weight is 205 g/mol. The van der Waals surface area contributed by atoms with E-state index in [1.165, 1.54) is 0 Å². The Morgan fingerprint density at radius 1 is 1.38 bits per heavy atom. The minimum atomic E-state index is -0.641. The Kier molecular flexibility index (Phi) is 5.81. The standard InChI is InChI=1S/C10H23NOS/c1-9(10(2,3)4)11-7-6-8-13(5)12/h9,11H,6-8H2,1-5H3. The van der Waals surface area contributed by atoms with Gasteiger partial charge in [-0.25, -0.2) is 0 Å². The van der Waals surface area contributed by atoms with Gasteiger partial charge in [0.25, 0.3) is 0 Å². The molecule has 0 spiro atoms. The van der Waals surface area contributed by atoms with Crippen molar-refractivity contribution in [1.82, 2.24) is 5.32 Å². The van der Waals surface area contributed by atoms with E-state index in [9.17, 15) is 4.21 Å². The molecule has 3 heteroatoms. The van der Waals surface area contributed by atoms with Gasteiger partial charge in [-0.15, -0.1) is 0 Å². The lowest BCUT2D eigenvalue weighted by molar-refractivity contribution is 0.287. The molecule has 0 amide bonds. The van der Waals surface area contributed by atoms with Gasteiger partial charge >= 0.3 is 0 Å². The molecule has 0 bridgehead atoms. The Hall–Kier alpha value is 0.110. The second-order valence-corrected chi connectivity index (χ2v) is 6.23. The van der Waals surface area contributed by atoms with Gasteiger partial charge in [0.15, 0.2) is 0 Å². The molecule has 2 nitrogen and oxygen atoms in total. The molecule has 0 heterocycles. The summed E-state index contributed by atoms with van der Waals surface area (Å²) in [5.74, 6) is 0.809. The summed E-state index contributed by atoms with van der Waals surface area (Å²) >= 11 is 0. The van der Waals surface area contributed by atoms with Crippen LogP contribution in [0, 0.1) is 5.41 Å². The minimum absolute atomic E-state index is 0.311. The molecule has 0 aliphatic rings. The van der Waals surface area contributed by atoms with Crippen LogP contribution >= 0.6 is 0 Å². The average Bonchev–Trinajstić information content (AvgIpc) is 1.95. The van der Waals surface area contributed by atoms with Gasteiger partial charge in [0.2, 0.25) is 0 Å². The minimum Gasteiger partial charge on any atom is -0.314 e. The Balaban J connectivity index is 3.49. The first-order chi connectivity index (χ1) is 5.84. The summed E-state index contributed by atoms with van der Waals surface area (Å²) in [5.41, 5.74) is 0.311. The van der Waals surface area contributed by atoms with E-state index < -0.39 is 10.8 Å². The molecule has 2 atom stereocenters. The summed E-state index contributed by atoms with van der Waals surface area (Å²) in [6.07, 6.45) is 2.76. The van der Waals surface area contributed by atoms with Gasteiger partial charge in [0.05, 0.1) is 0 Å². The maximum absolute atomic E-state index is 10.8. The molecule has 0 radical (unpaired) electrons. The number of rotatable bonds is 5. The second kappa shape index (κ2) is 5.76. The molecule has 0 aliphatic heterocycles. The van der Waals surface area contributed by atoms with Crippen LogP contribution in [0.15, 0.2) is 0 Å². The third-order valence-electron chi connectivity index (χ3n) is 2.36. The van der Waals surface area contributed by atoms with Crippen LogP contribution in [0.1, 0.15) is 34.1 Å². The van der Waals surface area contributed by atoms with Crippen molar-refractivity contribution in [1.29, 1.82) is 0 Å². The lowest BCUT2D eigenvalue weighted by Gasteiger charge is -2.28. The van der Waals surface area contributed by atoms with Gasteiger partial charge in [0.1, 0.15) is 0 Å². The zero-order chi connectivity index (χ0) is 10.5. The molecule has 0 aromatic carbocycles. The van der Waals surface area contributed by atoms with Crippen molar-refractivity contribution in [3.8, 4) is 0 Å². The molecule has 0 saturated carbocycles. The highest BCUT2D eigenvalue weighted by Crippen LogP contribution is 2.18. The van der Waals surface area contributed by atoms with Crippen molar-refractivity contribution in [2.45, 2.75) is 40.2 Å². The van der Waals surface area contributed by atoms with Crippen LogP contribution in [0.25, 0.3) is 0 Å². The van der Waals surface area contributed by atoms with Crippen LogP contribution in [0.4, 0.5) is 0 Å². The van der Waals surface area contributed by atoms with Crippen LogP contribution in [0.2, 0.25) is 0 Å². The van der Waals surface area contributed by atoms with Gasteiger partial charge in [0, 0.05) is 28.9 Å². The smallest absolute Gasteiger partial charge is 0.0244 e. The molecular formula is C10H23NOS. The topological polar surface area (TPSA) is 29.1 Å². The summed E-state index contributed by atoms with van der Waals surface area (Å²) in [5, 5.41) is 3.44. The molecule has 0 aromatic heterocycles. The molecule has 0 saturated heterocycles. The Bertz CT molecular complexity index is 163. The number of hydrogen-bond donors (Lipinski definition) is 1. The summed E-state index contributed by atoms with van der Waals surface area (Å²) in [4.78, 5) is 0. The lowest BCUT2D eigenvalue weighted by Crippen LogP contribution is -2.38. The SMILES string of the molecule is CC(NCCCS(C)=O)C(C)(C)C. The van der Waals surface area contributed by atoms with Gasteiger partial charge in [-0.2, -0.15) is 0 Å². The molecule has 0 fully saturated rings. The highest BCUT2D eigenvalue weighted by molar-refractivity contribution is 7.84. The zero-order valence-corrected chi connectivity index (χ0v) is 10.3. The molecule has 2 unspecified atom stereocenters. The van der Waals surface area contributed by atoms with Crippen LogP contribution in [-0.4, -0.2) is 28.8 Å². The van der Waals surface area contributed by atoms with Gasteiger partial charge in [-0.3, -0.25) is 4.21 Å². The normalized spacial score (nSPS) is 17.0. The van der Waals surface area contributed by atoms with Gasteiger partial charge in [-0.05, 0) is 25.3 Å². The van der Waals surface area contributed by atoms with Crippen molar-refractivity contribution >= 4 is 10.8 Å². The third kappa shape index (κ3) is 7.20. The predicted octanol–water partition coefficient (Wildman–Crippen LogP) is 1.78. The van der Waals surface area contributed by atoms with Crippen molar-refractivity contribution < 1.29 is 4.21 Å². The first-order valence-corrected chi connectivity index (χ1v) is 6.60. The fourth-order valence-corrected chi connectivity index (χ4v) is 1.45. The van der Waals surface area contributed by atoms with E-state index in [1.54, 1.807) is 6.26 Å². The van der Waals surface area contributed by atoms with E-state index in [0.29, 0.717) is 11.5 Å². The Labute approximate surface area is 84.9 Å². The predicted molar refractivity (Wildman–Crippen MR) is 60.5 cm³/mol. The number of hydrogen-bond acceptors (Lipinski definition) is 2. The van der Waals surface area contributed by atoms with Crippen LogP contribution in [0.3, 0.4) is 0 Å².